The molecule has 0 heterocycles. The van der Waals surface area contributed by atoms with Gasteiger partial charge >= 0.3 is 5.97 Å². The molecule has 0 saturated heterocycles. The highest BCUT2D eigenvalue weighted by molar-refractivity contribution is 6.30. The Hall–Kier alpha value is -1.84. The smallest absolute Gasteiger partial charge is 0.321 e. The molecule has 2 rings (SSSR count). The lowest BCUT2D eigenvalue weighted by molar-refractivity contribution is -0.139. The maximum Gasteiger partial charge on any atom is 0.321 e. The second kappa shape index (κ2) is 7.08. The lowest BCUT2D eigenvalue weighted by Gasteiger charge is -2.14. The third kappa shape index (κ3) is 4.37. The quantitative estimate of drug-likeness (QED) is 0.859. The summed E-state index contributed by atoms with van der Waals surface area (Å²) in [6, 6.07) is 16.4. The van der Waals surface area contributed by atoms with E-state index >= 15 is 0 Å². The van der Waals surface area contributed by atoms with Crippen LogP contribution < -0.4 is 5.32 Å². The highest BCUT2D eigenvalue weighted by Crippen LogP contribution is 2.11. The normalized spacial score (nSPS) is 12.1. The van der Waals surface area contributed by atoms with Gasteiger partial charge in [-0.3, -0.25) is 4.79 Å². The van der Waals surface area contributed by atoms with Crippen molar-refractivity contribution in [2.24, 2.45) is 0 Å². The van der Waals surface area contributed by atoms with Crippen molar-refractivity contribution >= 4 is 17.6 Å². The van der Waals surface area contributed by atoms with Crippen LogP contribution in [0.1, 0.15) is 11.1 Å². The largest absolute Gasteiger partial charge is 0.480 e. The van der Waals surface area contributed by atoms with Gasteiger partial charge in [0.05, 0.1) is 0 Å². The van der Waals surface area contributed by atoms with Gasteiger partial charge in [-0.05, 0) is 29.7 Å². The highest BCUT2D eigenvalue weighted by Gasteiger charge is 2.17. The van der Waals surface area contributed by atoms with E-state index < -0.39 is 12.0 Å². The molecule has 0 bridgehead atoms. The second-order valence-electron chi connectivity index (χ2n) is 4.59. The highest BCUT2D eigenvalue weighted by atomic mass is 35.5. The van der Waals surface area contributed by atoms with Crippen LogP contribution in [0.25, 0.3) is 0 Å². The van der Waals surface area contributed by atoms with Crippen LogP contribution in [0.2, 0.25) is 5.02 Å². The lowest BCUT2D eigenvalue weighted by atomic mass is 10.1. The summed E-state index contributed by atoms with van der Waals surface area (Å²) in [5.74, 6) is -0.851. The topological polar surface area (TPSA) is 49.3 Å². The van der Waals surface area contributed by atoms with Gasteiger partial charge in [-0.25, -0.2) is 0 Å². The average Bonchev–Trinajstić information content (AvgIpc) is 2.46. The van der Waals surface area contributed by atoms with Gasteiger partial charge in [-0.1, -0.05) is 54.1 Å². The molecule has 0 fully saturated rings. The molecule has 0 spiro atoms. The summed E-state index contributed by atoms with van der Waals surface area (Å²) in [6.45, 7) is 0.533. The number of rotatable bonds is 6. The summed E-state index contributed by atoms with van der Waals surface area (Å²) < 4.78 is 0. The Kier molecular flexibility index (Phi) is 5.16. The first-order valence-corrected chi connectivity index (χ1v) is 6.77. The van der Waals surface area contributed by atoms with Crippen LogP contribution in [0.15, 0.2) is 54.6 Å². The van der Waals surface area contributed by atoms with E-state index in [0.29, 0.717) is 18.0 Å². The Morgan fingerprint density at radius 2 is 1.70 bits per heavy atom. The van der Waals surface area contributed by atoms with E-state index in [1.54, 1.807) is 12.1 Å². The first-order valence-electron chi connectivity index (χ1n) is 6.40. The second-order valence-corrected chi connectivity index (χ2v) is 5.02. The van der Waals surface area contributed by atoms with E-state index in [2.05, 4.69) is 5.32 Å². The van der Waals surface area contributed by atoms with Gasteiger partial charge in [0.15, 0.2) is 0 Å². The Labute approximate surface area is 123 Å². The Balaban J connectivity index is 1.97. The summed E-state index contributed by atoms with van der Waals surface area (Å²) in [5, 5.41) is 13.0. The van der Waals surface area contributed by atoms with Crippen LogP contribution in [0, 0.1) is 0 Å². The predicted octanol–water partition coefficient (Wildman–Crippen LogP) is 3.13. The van der Waals surface area contributed by atoms with Crippen molar-refractivity contribution in [2.75, 3.05) is 0 Å². The van der Waals surface area contributed by atoms with Crippen molar-refractivity contribution in [2.45, 2.75) is 19.0 Å². The van der Waals surface area contributed by atoms with Gasteiger partial charge in [0, 0.05) is 11.6 Å². The zero-order chi connectivity index (χ0) is 14.4. The Morgan fingerprint density at radius 1 is 1.05 bits per heavy atom. The third-order valence-corrected chi connectivity index (χ3v) is 3.30. The van der Waals surface area contributed by atoms with Gasteiger partial charge in [0.2, 0.25) is 0 Å². The van der Waals surface area contributed by atoms with E-state index in [4.69, 9.17) is 11.6 Å². The van der Waals surface area contributed by atoms with Crippen molar-refractivity contribution in [3.63, 3.8) is 0 Å². The number of carbonyl (C=O) groups is 1. The number of halogens is 1. The van der Waals surface area contributed by atoms with E-state index in [0.717, 1.165) is 11.1 Å². The van der Waals surface area contributed by atoms with Crippen molar-refractivity contribution in [3.05, 3.63) is 70.7 Å². The molecule has 104 valence electrons. The van der Waals surface area contributed by atoms with Gasteiger partial charge in [0.25, 0.3) is 0 Å². The minimum Gasteiger partial charge on any atom is -0.480 e. The molecule has 0 amide bonds. The van der Waals surface area contributed by atoms with E-state index in [1.807, 2.05) is 42.5 Å². The van der Waals surface area contributed by atoms with Crippen molar-refractivity contribution < 1.29 is 9.90 Å². The summed E-state index contributed by atoms with van der Waals surface area (Å²) in [5.41, 5.74) is 2.01. The van der Waals surface area contributed by atoms with Crippen molar-refractivity contribution in [3.8, 4) is 0 Å². The molecule has 0 aliphatic rings. The SMILES string of the molecule is O=C(O)C(Cc1ccc(Cl)cc1)NCc1ccccc1. The fourth-order valence-corrected chi connectivity index (χ4v) is 2.07. The first-order chi connectivity index (χ1) is 9.65. The average molecular weight is 290 g/mol. The van der Waals surface area contributed by atoms with Gasteiger partial charge in [-0.15, -0.1) is 0 Å². The summed E-state index contributed by atoms with van der Waals surface area (Å²) in [6.07, 6.45) is 0.430. The number of carboxylic acids is 1. The van der Waals surface area contributed by atoms with Crippen LogP contribution in [0.5, 0.6) is 0 Å². The molecule has 1 unspecified atom stereocenters. The summed E-state index contributed by atoms with van der Waals surface area (Å²) in [7, 11) is 0. The molecule has 20 heavy (non-hydrogen) atoms. The molecular formula is C16H16ClNO2. The molecule has 0 aromatic heterocycles. The zero-order valence-electron chi connectivity index (χ0n) is 10.9. The Bertz CT molecular complexity index is 554. The maximum atomic E-state index is 11.3. The number of nitrogens with one attached hydrogen (secondary N) is 1. The molecule has 0 radical (unpaired) electrons. The van der Waals surface area contributed by atoms with Gasteiger partial charge in [0.1, 0.15) is 6.04 Å². The monoisotopic (exact) mass is 289 g/mol. The van der Waals surface area contributed by atoms with E-state index in [9.17, 15) is 9.90 Å². The van der Waals surface area contributed by atoms with Crippen LogP contribution in [-0.4, -0.2) is 17.1 Å². The summed E-state index contributed by atoms with van der Waals surface area (Å²) >= 11 is 5.82. The van der Waals surface area contributed by atoms with Crippen molar-refractivity contribution in [1.29, 1.82) is 0 Å². The maximum absolute atomic E-state index is 11.3. The molecule has 2 N–H and O–H groups in total. The minimum atomic E-state index is -0.851. The molecule has 2 aromatic rings. The lowest BCUT2D eigenvalue weighted by Crippen LogP contribution is -2.38. The van der Waals surface area contributed by atoms with Crippen LogP contribution in [-0.2, 0) is 17.8 Å². The Morgan fingerprint density at radius 3 is 2.30 bits per heavy atom. The first kappa shape index (κ1) is 14.6. The molecule has 0 saturated carbocycles. The standard InChI is InChI=1S/C16H16ClNO2/c17-14-8-6-12(7-9-14)10-15(16(19)20)18-11-13-4-2-1-3-5-13/h1-9,15,18H,10-11H2,(H,19,20). The number of aliphatic carboxylic acids is 1. The summed E-state index contributed by atoms with van der Waals surface area (Å²) in [4.78, 5) is 11.3. The van der Waals surface area contributed by atoms with Crippen LogP contribution in [0.4, 0.5) is 0 Å². The zero-order valence-corrected chi connectivity index (χ0v) is 11.7. The fraction of sp³-hybridized carbons (Fsp3) is 0.188. The minimum absolute atomic E-state index is 0.430. The molecule has 0 aliphatic heterocycles. The number of hydrogen-bond donors (Lipinski definition) is 2. The van der Waals surface area contributed by atoms with Gasteiger partial charge < -0.3 is 10.4 Å². The van der Waals surface area contributed by atoms with E-state index in [1.165, 1.54) is 0 Å². The fourth-order valence-electron chi connectivity index (χ4n) is 1.94. The third-order valence-electron chi connectivity index (χ3n) is 3.05. The van der Waals surface area contributed by atoms with Crippen molar-refractivity contribution in [1.82, 2.24) is 5.32 Å². The molecular weight excluding hydrogens is 274 g/mol. The predicted molar refractivity (Wildman–Crippen MR) is 79.9 cm³/mol. The number of hydrogen-bond acceptors (Lipinski definition) is 2. The van der Waals surface area contributed by atoms with E-state index in [-0.39, 0.29) is 0 Å². The molecule has 3 nitrogen and oxygen atoms in total. The molecule has 4 heteroatoms. The molecule has 2 aromatic carbocycles. The van der Waals surface area contributed by atoms with Crippen LogP contribution in [0.3, 0.4) is 0 Å². The molecule has 0 aliphatic carbocycles. The van der Waals surface area contributed by atoms with Gasteiger partial charge in [-0.2, -0.15) is 0 Å². The molecule has 1 atom stereocenters. The number of benzene rings is 2. The van der Waals surface area contributed by atoms with Crippen LogP contribution >= 0.6 is 11.6 Å². The number of carboxylic acid groups (broad SMARTS) is 1.